The van der Waals surface area contributed by atoms with Crippen molar-refractivity contribution in [3.05, 3.63) is 35.4 Å². The number of hydrogen-bond acceptors (Lipinski definition) is 1. The minimum absolute atomic E-state index is 0.642. The average molecular weight is 217 g/mol. The lowest BCUT2D eigenvalue weighted by atomic mass is 9.99. The van der Waals surface area contributed by atoms with Gasteiger partial charge in [0.2, 0.25) is 0 Å². The monoisotopic (exact) mass is 217 g/mol. The highest BCUT2D eigenvalue weighted by atomic mass is 15.1. The molecule has 1 fully saturated rings. The Kier molecular flexibility index (Phi) is 3.65. The van der Waals surface area contributed by atoms with E-state index in [2.05, 4.69) is 50.1 Å². The van der Waals surface area contributed by atoms with E-state index in [0.717, 1.165) is 5.92 Å². The van der Waals surface area contributed by atoms with Crippen LogP contribution in [0.25, 0.3) is 0 Å². The zero-order valence-electron chi connectivity index (χ0n) is 10.7. The number of likely N-dealkylation sites (N-methyl/N-ethyl adjacent to an activating group) is 1. The first-order valence-electron chi connectivity index (χ1n) is 6.40. The molecule has 88 valence electrons. The molecule has 0 N–H and O–H groups in total. The van der Waals surface area contributed by atoms with Gasteiger partial charge in [-0.25, -0.2) is 0 Å². The fraction of sp³-hybridized carbons (Fsp3) is 0.600. The van der Waals surface area contributed by atoms with Crippen LogP contribution in [0.3, 0.4) is 0 Å². The molecule has 16 heavy (non-hydrogen) atoms. The molecular formula is C15H23N. The topological polar surface area (TPSA) is 3.24 Å². The summed E-state index contributed by atoms with van der Waals surface area (Å²) in [5.41, 5.74) is 2.84. The summed E-state index contributed by atoms with van der Waals surface area (Å²) in [7, 11) is 2.25. The van der Waals surface area contributed by atoms with E-state index in [1.807, 2.05) is 0 Å². The predicted molar refractivity (Wildman–Crippen MR) is 69.8 cm³/mol. The molecule has 0 spiro atoms. The van der Waals surface area contributed by atoms with Crippen molar-refractivity contribution in [2.75, 3.05) is 20.1 Å². The molecule has 2 rings (SSSR count). The van der Waals surface area contributed by atoms with E-state index in [1.165, 1.54) is 37.1 Å². The molecule has 0 aliphatic heterocycles. The van der Waals surface area contributed by atoms with E-state index in [-0.39, 0.29) is 0 Å². The van der Waals surface area contributed by atoms with Gasteiger partial charge in [0.25, 0.3) is 0 Å². The number of hydrogen-bond donors (Lipinski definition) is 0. The van der Waals surface area contributed by atoms with Gasteiger partial charge >= 0.3 is 0 Å². The lowest BCUT2D eigenvalue weighted by molar-refractivity contribution is 0.304. The number of nitrogens with zero attached hydrogens (tertiary/aromatic N) is 1. The summed E-state index contributed by atoms with van der Waals surface area (Å²) in [4.78, 5) is 2.49. The van der Waals surface area contributed by atoms with Crippen LogP contribution in [-0.4, -0.2) is 25.0 Å². The van der Waals surface area contributed by atoms with Crippen LogP contribution in [0.5, 0.6) is 0 Å². The standard InChI is InChI=1S/C15H23N/c1-12-5-4-6-15(9-12)13(2)10-16(3)11-14-7-8-14/h4-6,9,13-14H,7-8,10-11H2,1-3H3. The molecule has 1 unspecified atom stereocenters. The second-order valence-corrected chi connectivity index (χ2v) is 5.48. The summed E-state index contributed by atoms with van der Waals surface area (Å²) >= 11 is 0. The lowest BCUT2D eigenvalue weighted by Crippen LogP contribution is -2.25. The highest BCUT2D eigenvalue weighted by molar-refractivity contribution is 5.25. The van der Waals surface area contributed by atoms with Gasteiger partial charge in [-0.2, -0.15) is 0 Å². The first-order valence-corrected chi connectivity index (χ1v) is 6.40. The van der Waals surface area contributed by atoms with Crippen LogP contribution in [0.15, 0.2) is 24.3 Å². The first kappa shape index (κ1) is 11.7. The molecule has 1 heteroatoms. The van der Waals surface area contributed by atoms with E-state index >= 15 is 0 Å². The number of aryl methyl sites for hydroxylation is 1. The Morgan fingerprint density at radius 3 is 2.75 bits per heavy atom. The van der Waals surface area contributed by atoms with Crippen LogP contribution in [0.4, 0.5) is 0 Å². The largest absolute Gasteiger partial charge is 0.305 e. The third-order valence-electron chi connectivity index (χ3n) is 3.46. The third-order valence-corrected chi connectivity index (χ3v) is 3.46. The van der Waals surface area contributed by atoms with Crippen molar-refractivity contribution < 1.29 is 0 Å². The molecule has 0 radical (unpaired) electrons. The fourth-order valence-electron chi connectivity index (χ4n) is 2.37. The highest BCUT2D eigenvalue weighted by Crippen LogP contribution is 2.30. The molecule has 1 aromatic carbocycles. The van der Waals surface area contributed by atoms with Crippen molar-refractivity contribution in [3.63, 3.8) is 0 Å². The summed E-state index contributed by atoms with van der Waals surface area (Å²) < 4.78 is 0. The maximum Gasteiger partial charge on any atom is 0.00447 e. The average Bonchev–Trinajstić information content (AvgIpc) is 3.01. The van der Waals surface area contributed by atoms with Gasteiger partial charge in [-0.05, 0) is 44.2 Å². The molecule has 0 aromatic heterocycles. The molecule has 0 amide bonds. The Morgan fingerprint density at radius 2 is 2.12 bits per heavy atom. The van der Waals surface area contributed by atoms with Crippen LogP contribution in [0.1, 0.15) is 36.8 Å². The van der Waals surface area contributed by atoms with Gasteiger partial charge < -0.3 is 4.90 Å². The quantitative estimate of drug-likeness (QED) is 0.730. The number of benzene rings is 1. The van der Waals surface area contributed by atoms with Crippen LogP contribution >= 0.6 is 0 Å². The summed E-state index contributed by atoms with van der Waals surface area (Å²) in [6, 6.07) is 8.91. The molecular weight excluding hydrogens is 194 g/mol. The molecule has 0 saturated heterocycles. The van der Waals surface area contributed by atoms with E-state index in [1.54, 1.807) is 0 Å². The maximum absolute atomic E-state index is 2.49. The van der Waals surface area contributed by atoms with Crippen molar-refractivity contribution in [2.24, 2.45) is 5.92 Å². The van der Waals surface area contributed by atoms with Crippen LogP contribution in [0, 0.1) is 12.8 Å². The van der Waals surface area contributed by atoms with Gasteiger partial charge in [-0.3, -0.25) is 0 Å². The van der Waals surface area contributed by atoms with Crippen LogP contribution in [-0.2, 0) is 0 Å². The summed E-state index contributed by atoms with van der Waals surface area (Å²) in [5.74, 6) is 1.64. The zero-order valence-corrected chi connectivity index (χ0v) is 10.7. The molecule has 1 nitrogen and oxygen atoms in total. The number of rotatable bonds is 5. The maximum atomic E-state index is 2.49. The van der Waals surface area contributed by atoms with Crippen LogP contribution in [0.2, 0.25) is 0 Å². The third kappa shape index (κ3) is 3.34. The van der Waals surface area contributed by atoms with Gasteiger partial charge in [0.05, 0.1) is 0 Å². The van der Waals surface area contributed by atoms with E-state index in [9.17, 15) is 0 Å². The molecule has 1 aromatic rings. The molecule has 1 aliphatic carbocycles. The normalized spacial score (nSPS) is 17.8. The second-order valence-electron chi connectivity index (χ2n) is 5.48. The van der Waals surface area contributed by atoms with Gasteiger partial charge in [0, 0.05) is 13.1 Å². The van der Waals surface area contributed by atoms with Crippen molar-refractivity contribution in [1.82, 2.24) is 4.90 Å². The van der Waals surface area contributed by atoms with E-state index in [4.69, 9.17) is 0 Å². The first-order chi connectivity index (χ1) is 7.65. The van der Waals surface area contributed by atoms with Gasteiger partial charge in [-0.15, -0.1) is 0 Å². The second kappa shape index (κ2) is 5.01. The van der Waals surface area contributed by atoms with Crippen LogP contribution < -0.4 is 0 Å². The van der Waals surface area contributed by atoms with Crippen molar-refractivity contribution >= 4 is 0 Å². The van der Waals surface area contributed by atoms with Crippen molar-refractivity contribution in [3.8, 4) is 0 Å². The SMILES string of the molecule is Cc1cccc(C(C)CN(C)CC2CC2)c1. The van der Waals surface area contributed by atoms with E-state index in [0.29, 0.717) is 5.92 Å². The minimum atomic E-state index is 0.642. The highest BCUT2D eigenvalue weighted by Gasteiger charge is 2.23. The molecule has 0 heterocycles. The Bertz CT molecular complexity index is 341. The van der Waals surface area contributed by atoms with Gasteiger partial charge in [-0.1, -0.05) is 36.8 Å². The summed E-state index contributed by atoms with van der Waals surface area (Å²) in [6.07, 6.45) is 2.90. The molecule has 1 saturated carbocycles. The Hall–Kier alpha value is -0.820. The Labute approximate surface area is 99.5 Å². The molecule has 1 atom stereocenters. The van der Waals surface area contributed by atoms with Gasteiger partial charge in [0.15, 0.2) is 0 Å². The lowest BCUT2D eigenvalue weighted by Gasteiger charge is -2.21. The fourth-order valence-corrected chi connectivity index (χ4v) is 2.37. The zero-order chi connectivity index (χ0) is 11.5. The Balaban J connectivity index is 1.88. The van der Waals surface area contributed by atoms with Gasteiger partial charge in [0.1, 0.15) is 0 Å². The minimum Gasteiger partial charge on any atom is -0.305 e. The van der Waals surface area contributed by atoms with E-state index < -0.39 is 0 Å². The summed E-state index contributed by atoms with van der Waals surface area (Å²) in [6.45, 7) is 6.97. The smallest absolute Gasteiger partial charge is 0.00447 e. The summed E-state index contributed by atoms with van der Waals surface area (Å²) in [5, 5.41) is 0. The molecule has 1 aliphatic rings. The molecule has 0 bridgehead atoms. The Morgan fingerprint density at radius 1 is 1.38 bits per heavy atom. The van der Waals surface area contributed by atoms with Crippen molar-refractivity contribution in [1.29, 1.82) is 0 Å². The van der Waals surface area contributed by atoms with Crippen molar-refractivity contribution in [2.45, 2.75) is 32.6 Å². The predicted octanol–water partition coefficient (Wildman–Crippen LogP) is 3.44.